The molecule has 0 radical (unpaired) electrons. The van der Waals surface area contributed by atoms with Crippen LogP contribution in [0.2, 0.25) is 0 Å². The number of nitrogens with zero attached hydrogens (tertiary/aromatic N) is 1. The van der Waals surface area contributed by atoms with Gasteiger partial charge in [-0.05, 0) is 30.7 Å². The lowest BCUT2D eigenvalue weighted by Crippen LogP contribution is -2.23. The number of nitrogens with one attached hydrogen (secondary N) is 2. The molecule has 0 aliphatic heterocycles. The molecule has 4 N–H and O–H groups in total. The van der Waals surface area contributed by atoms with Crippen molar-refractivity contribution in [3.8, 4) is 0 Å². The number of hydrogen-bond donors (Lipinski definition) is 3. The molecular weight excluding hydrogens is 307 g/mol. The molecule has 2 aromatic rings. The van der Waals surface area contributed by atoms with Crippen LogP contribution in [0, 0.1) is 5.82 Å². The maximum absolute atomic E-state index is 12.8. The third-order valence-corrected chi connectivity index (χ3v) is 3.79. The number of aromatic amines is 1. The van der Waals surface area contributed by atoms with E-state index in [1.807, 2.05) is 6.92 Å². The smallest absolute Gasteiger partial charge is 0.277 e. The van der Waals surface area contributed by atoms with Gasteiger partial charge in [-0.15, -0.1) is 0 Å². The van der Waals surface area contributed by atoms with E-state index in [1.165, 1.54) is 23.9 Å². The van der Waals surface area contributed by atoms with E-state index in [4.69, 9.17) is 5.73 Å². The number of nitrogen functional groups attached to an aromatic ring is 1. The van der Waals surface area contributed by atoms with E-state index < -0.39 is 17.3 Å². The third-order valence-electron chi connectivity index (χ3n) is 2.71. The van der Waals surface area contributed by atoms with Crippen LogP contribution in [0.1, 0.15) is 23.7 Å². The van der Waals surface area contributed by atoms with Gasteiger partial charge in [0.15, 0.2) is 11.0 Å². The molecule has 1 heterocycles. The van der Waals surface area contributed by atoms with Crippen molar-refractivity contribution in [1.82, 2.24) is 9.97 Å². The van der Waals surface area contributed by atoms with Gasteiger partial charge in [-0.25, -0.2) is 9.37 Å². The summed E-state index contributed by atoms with van der Waals surface area (Å²) in [4.78, 5) is 30.6. The van der Waals surface area contributed by atoms with Crippen molar-refractivity contribution in [2.45, 2.75) is 18.5 Å². The van der Waals surface area contributed by atoms with Crippen molar-refractivity contribution >= 4 is 29.2 Å². The second-order valence-corrected chi connectivity index (χ2v) is 5.52. The van der Waals surface area contributed by atoms with Gasteiger partial charge in [-0.1, -0.05) is 18.7 Å². The van der Waals surface area contributed by atoms with Crippen molar-refractivity contribution in [3.63, 3.8) is 0 Å². The number of thioether (sulfide) groups is 1. The highest BCUT2D eigenvalue weighted by atomic mass is 32.2. The largest absolute Gasteiger partial charge is 0.382 e. The summed E-state index contributed by atoms with van der Waals surface area (Å²) in [7, 11) is 0. The first-order valence-electron chi connectivity index (χ1n) is 6.60. The van der Waals surface area contributed by atoms with E-state index in [0.29, 0.717) is 5.16 Å². The van der Waals surface area contributed by atoms with Gasteiger partial charge in [0.2, 0.25) is 0 Å². The second-order valence-electron chi connectivity index (χ2n) is 4.44. The Morgan fingerprint density at radius 1 is 1.41 bits per heavy atom. The Balaban J connectivity index is 2.20. The van der Waals surface area contributed by atoms with Crippen LogP contribution in [0.4, 0.5) is 15.9 Å². The van der Waals surface area contributed by atoms with Crippen molar-refractivity contribution in [3.05, 3.63) is 46.0 Å². The average molecular weight is 322 g/mol. The van der Waals surface area contributed by atoms with Crippen molar-refractivity contribution < 1.29 is 9.18 Å². The molecule has 0 spiro atoms. The normalized spacial score (nSPS) is 10.5. The Labute approximate surface area is 130 Å². The number of halogens is 1. The van der Waals surface area contributed by atoms with Gasteiger partial charge in [0, 0.05) is 11.3 Å². The van der Waals surface area contributed by atoms with Gasteiger partial charge in [0.25, 0.3) is 11.5 Å². The number of aromatic nitrogens is 2. The Morgan fingerprint density at radius 3 is 2.68 bits per heavy atom. The summed E-state index contributed by atoms with van der Waals surface area (Å²) in [6.45, 7) is 2.01. The molecule has 6 nitrogen and oxygen atoms in total. The lowest BCUT2D eigenvalue weighted by molar-refractivity contribution is 0.102. The monoisotopic (exact) mass is 322 g/mol. The minimum atomic E-state index is -0.562. The van der Waals surface area contributed by atoms with Crippen LogP contribution in [-0.2, 0) is 0 Å². The van der Waals surface area contributed by atoms with Gasteiger partial charge >= 0.3 is 0 Å². The second kappa shape index (κ2) is 7.08. The molecule has 2 rings (SSSR count). The van der Waals surface area contributed by atoms with E-state index in [1.54, 1.807) is 0 Å². The fraction of sp³-hybridized carbons (Fsp3) is 0.214. The van der Waals surface area contributed by atoms with Crippen molar-refractivity contribution in [2.24, 2.45) is 0 Å². The maximum Gasteiger partial charge on any atom is 0.277 e. The molecule has 1 aromatic heterocycles. The number of carbonyl (C=O) groups excluding carboxylic acids is 1. The van der Waals surface area contributed by atoms with Crippen LogP contribution in [0.3, 0.4) is 0 Å². The number of rotatable bonds is 5. The molecule has 0 fully saturated rings. The number of H-pyrrole nitrogens is 1. The Hall–Kier alpha value is -2.35. The lowest BCUT2D eigenvalue weighted by Gasteiger charge is -2.08. The Bertz CT molecular complexity index is 731. The summed E-state index contributed by atoms with van der Waals surface area (Å²) < 4.78 is 12.8. The molecule has 0 aliphatic rings. The Morgan fingerprint density at radius 2 is 2.09 bits per heavy atom. The molecule has 0 unspecified atom stereocenters. The maximum atomic E-state index is 12.8. The molecule has 1 aromatic carbocycles. The highest BCUT2D eigenvalue weighted by Gasteiger charge is 2.14. The summed E-state index contributed by atoms with van der Waals surface area (Å²) in [5.41, 5.74) is 5.30. The summed E-state index contributed by atoms with van der Waals surface area (Å²) in [6, 6.07) is 4.94. The van der Waals surface area contributed by atoms with Gasteiger partial charge in [-0.2, -0.15) is 0 Å². The number of anilines is 2. The molecule has 0 bridgehead atoms. The molecule has 22 heavy (non-hydrogen) atoms. The average Bonchev–Trinajstić information content (AvgIpc) is 2.49. The van der Waals surface area contributed by atoms with E-state index in [2.05, 4.69) is 15.3 Å². The first kappa shape index (κ1) is 16.0. The van der Waals surface area contributed by atoms with Crippen LogP contribution >= 0.6 is 11.8 Å². The van der Waals surface area contributed by atoms with Crippen LogP contribution < -0.4 is 16.6 Å². The van der Waals surface area contributed by atoms with E-state index in [-0.39, 0.29) is 17.1 Å². The predicted octanol–water partition coefficient (Wildman–Crippen LogP) is 2.25. The van der Waals surface area contributed by atoms with Crippen molar-refractivity contribution in [2.75, 3.05) is 16.8 Å². The highest BCUT2D eigenvalue weighted by molar-refractivity contribution is 7.99. The molecule has 0 saturated heterocycles. The zero-order valence-corrected chi connectivity index (χ0v) is 12.7. The quantitative estimate of drug-likeness (QED) is 0.579. The van der Waals surface area contributed by atoms with E-state index in [0.717, 1.165) is 24.3 Å². The van der Waals surface area contributed by atoms with Gasteiger partial charge in [-0.3, -0.25) is 14.6 Å². The van der Waals surface area contributed by atoms with Gasteiger partial charge in [0.05, 0.1) is 0 Å². The number of carbonyl (C=O) groups is 1. The lowest BCUT2D eigenvalue weighted by atomic mass is 10.2. The summed E-state index contributed by atoms with van der Waals surface area (Å²) >= 11 is 1.37. The zero-order chi connectivity index (χ0) is 16.1. The van der Waals surface area contributed by atoms with Crippen LogP contribution in [0.15, 0.2) is 34.2 Å². The number of benzene rings is 1. The minimum absolute atomic E-state index is 0.0576. The Kier molecular flexibility index (Phi) is 5.16. The summed E-state index contributed by atoms with van der Waals surface area (Å²) in [5.74, 6) is -0.275. The number of amides is 1. The third kappa shape index (κ3) is 3.85. The fourth-order valence-corrected chi connectivity index (χ4v) is 2.37. The summed E-state index contributed by atoms with van der Waals surface area (Å²) in [5, 5.41) is 2.80. The van der Waals surface area contributed by atoms with E-state index >= 15 is 0 Å². The topological polar surface area (TPSA) is 101 Å². The summed E-state index contributed by atoms with van der Waals surface area (Å²) in [6.07, 6.45) is 0.928. The van der Waals surface area contributed by atoms with E-state index in [9.17, 15) is 14.0 Å². The van der Waals surface area contributed by atoms with Crippen LogP contribution in [-0.4, -0.2) is 21.6 Å². The van der Waals surface area contributed by atoms with Gasteiger partial charge < -0.3 is 11.1 Å². The molecule has 0 aliphatic carbocycles. The van der Waals surface area contributed by atoms with Gasteiger partial charge in [0.1, 0.15) is 11.5 Å². The molecule has 0 atom stereocenters. The van der Waals surface area contributed by atoms with Crippen LogP contribution in [0.25, 0.3) is 0 Å². The highest BCUT2D eigenvalue weighted by Crippen LogP contribution is 2.17. The van der Waals surface area contributed by atoms with Crippen LogP contribution in [0.5, 0.6) is 0 Å². The minimum Gasteiger partial charge on any atom is -0.382 e. The zero-order valence-electron chi connectivity index (χ0n) is 11.9. The molecule has 0 saturated carbocycles. The molecule has 1 amide bonds. The first-order chi connectivity index (χ1) is 10.5. The SMILES string of the molecule is CCCSc1nc(N)c(NC(=O)c2ccc(F)cc2)c(=O)[nH]1. The number of nitrogens with two attached hydrogens (primary N) is 1. The molecule has 8 heteroatoms. The fourth-order valence-electron chi connectivity index (χ4n) is 1.64. The predicted molar refractivity (Wildman–Crippen MR) is 84.6 cm³/mol. The van der Waals surface area contributed by atoms with Crippen molar-refractivity contribution in [1.29, 1.82) is 0 Å². The molecule has 116 valence electrons. The first-order valence-corrected chi connectivity index (χ1v) is 7.59. The molecular formula is C14H15FN4O2S. The standard InChI is InChI=1S/C14H15FN4O2S/c1-2-7-22-14-18-11(16)10(13(21)19-14)17-12(20)8-3-5-9(15)6-4-8/h3-6H,2,7H2,1H3,(H,17,20)(H3,16,18,19,21). The number of hydrogen-bond acceptors (Lipinski definition) is 5.